The molecule has 31 heavy (non-hydrogen) atoms. The summed E-state index contributed by atoms with van der Waals surface area (Å²) in [5.41, 5.74) is 2.07. The Morgan fingerprint density at radius 2 is 1.58 bits per heavy atom. The lowest BCUT2D eigenvalue weighted by Crippen LogP contribution is -2.38. The van der Waals surface area contributed by atoms with Crippen molar-refractivity contribution in [3.63, 3.8) is 0 Å². The second-order valence-corrected chi connectivity index (χ2v) is 9.06. The van der Waals surface area contributed by atoms with Gasteiger partial charge in [0.2, 0.25) is 5.91 Å². The highest BCUT2D eigenvalue weighted by atomic mass is 35.5. The molecule has 0 aliphatic heterocycles. The highest BCUT2D eigenvalue weighted by Gasteiger charge is 2.27. The standard InChI is InChI=1S/C23H23ClN2O4S/c1-3-17-4-8-19(9-5-17)25-23(27)16-26(20-10-6-18(24)7-11-20)31(28,29)22-14-12-21(30-2)13-15-22/h4-15H,3,16H2,1-2H3,(H,25,27). The van der Waals surface area contributed by atoms with E-state index < -0.39 is 22.5 Å². The fourth-order valence-electron chi connectivity index (χ4n) is 2.95. The highest BCUT2D eigenvalue weighted by Crippen LogP contribution is 2.26. The number of sulfonamides is 1. The van der Waals surface area contributed by atoms with Crippen LogP contribution in [-0.4, -0.2) is 28.0 Å². The number of rotatable bonds is 8. The number of methoxy groups -OCH3 is 1. The number of ether oxygens (including phenoxy) is 1. The van der Waals surface area contributed by atoms with Gasteiger partial charge in [0.15, 0.2) is 0 Å². The molecule has 0 aromatic heterocycles. The van der Waals surface area contributed by atoms with Gasteiger partial charge in [-0.25, -0.2) is 8.42 Å². The molecule has 1 N–H and O–H groups in total. The number of hydrogen-bond acceptors (Lipinski definition) is 4. The fraction of sp³-hybridized carbons (Fsp3) is 0.174. The van der Waals surface area contributed by atoms with Gasteiger partial charge in [-0.2, -0.15) is 0 Å². The first kappa shape index (κ1) is 22.7. The van der Waals surface area contributed by atoms with Gasteiger partial charge in [-0.1, -0.05) is 30.7 Å². The lowest BCUT2D eigenvalue weighted by atomic mass is 10.1. The molecule has 3 aromatic carbocycles. The zero-order valence-electron chi connectivity index (χ0n) is 17.2. The molecular formula is C23H23ClN2O4S. The minimum absolute atomic E-state index is 0.0448. The molecule has 0 aliphatic carbocycles. The maximum atomic E-state index is 13.4. The summed E-state index contributed by atoms with van der Waals surface area (Å²) in [6.07, 6.45) is 0.888. The van der Waals surface area contributed by atoms with Gasteiger partial charge in [0.05, 0.1) is 17.7 Å². The second-order valence-electron chi connectivity index (χ2n) is 6.76. The third-order valence-corrected chi connectivity index (χ3v) is 6.74. The topological polar surface area (TPSA) is 75.7 Å². The number of halogens is 1. The van der Waals surface area contributed by atoms with Crippen LogP contribution in [0.3, 0.4) is 0 Å². The van der Waals surface area contributed by atoms with E-state index in [-0.39, 0.29) is 4.90 Å². The van der Waals surface area contributed by atoms with Crippen LogP contribution in [0.1, 0.15) is 12.5 Å². The Kier molecular flexibility index (Phi) is 7.20. The molecule has 0 saturated carbocycles. The van der Waals surface area contributed by atoms with E-state index in [9.17, 15) is 13.2 Å². The predicted molar refractivity (Wildman–Crippen MR) is 123 cm³/mol. The van der Waals surface area contributed by atoms with Crippen molar-refractivity contribution in [2.75, 3.05) is 23.3 Å². The number of anilines is 2. The van der Waals surface area contributed by atoms with Gasteiger partial charge < -0.3 is 10.1 Å². The van der Waals surface area contributed by atoms with E-state index in [1.165, 1.54) is 19.2 Å². The summed E-state index contributed by atoms with van der Waals surface area (Å²) in [6, 6.07) is 19.7. The maximum absolute atomic E-state index is 13.4. The van der Waals surface area contributed by atoms with Crippen LogP contribution >= 0.6 is 11.6 Å². The molecule has 0 atom stereocenters. The van der Waals surface area contributed by atoms with Gasteiger partial charge in [-0.3, -0.25) is 9.10 Å². The molecule has 0 saturated heterocycles. The molecule has 6 nitrogen and oxygen atoms in total. The number of benzene rings is 3. The number of amides is 1. The molecule has 0 unspecified atom stereocenters. The molecular weight excluding hydrogens is 436 g/mol. The largest absolute Gasteiger partial charge is 0.497 e. The molecule has 8 heteroatoms. The Hall–Kier alpha value is -3.03. The van der Waals surface area contributed by atoms with E-state index in [0.29, 0.717) is 22.1 Å². The number of aryl methyl sites for hydroxylation is 1. The minimum Gasteiger partial charge on any atom is -0.497 e. The molecule has 3 aromatic rings. The summed E-state index contributed by atoms with van der Waals surface area (Å²) >= 11 is 5.96. The first-order chi connectivity index (χ1) is 14.8. The number of nitrogens with one attached hydrogen (secondary N) is 1. The average molecular weight is 459 g/mol. The molecule has 0 heterocycles. The smallest absolute Gasteiger partial charge is 0.264 e. The SMILES string of the molecule is CCc1ccc(NC(=O)CN(c2ccc(Cl)cc2)S(=O)(=O)c2ccc(OC)cc2)cc1. The van der Waals surface area contributed by atoms with Crippen molar-refractivity contribution in [2.24, 2.45) is 0 Å². The molecule has 1 amide bonds. The molecule has 0 spiro atoms. The monoisotopic (exact) mass is 458 g/mol. The van der Waals surface area contributed by atoms with Crippen LogP contribution in [0.5, 0.6) is 5.75 Å². The van der Waals surface area contributed by atoms with Crippen LogP contribution in [0.4, 0.5) is 11.4 Å². The molecule has 0 aliphatic rings. The second kappa shape index (κ2) is 9.85. The van der Waals surface area contributed by atoms with Crippen LogP contribution in [0.25, 0.3) is 0 Å². The average Bonchev–Trinajstić information content (AvgIpc) is 2.78. The lowest BCUT2D eigenvalue weighted by molar-refractivity contribution is -0.114. The Bertz CT molecular complexity index is 1130. The summed E-state index contributed by atoms with van der Waals surface area (Å²) in [5.74, 6) is 0.0709. The van der Waals surface area contributed by atoms with E-state index >= 15 is 0 Å². The molecule has 3 rings (SSSR count). The van der Waals surface area contributed by atoms with Gasteiger partial charge in [0.1, 0.15) is 12.3 Å². The van der Waals surface area contributed by atoms with E-state index in [1.807, 2.05) is 19.1 Å². The van der Waals surface area contributed by atoms with E-state index in [2.05, 4.69) is 5.32 Å². The van der Waals surface area contributed by atoms with E-state index in [4.69, 9.17) is 16.3 Å². The fourth-order valence-corrected chi connectivity index (χ4v) is 4.50. The Balaban J connectivity index is 1.90. The quantitative estimate of drug-likeness (QED) is 0.528. The maximum Gasteiger partial charge on any atom is 0.264 e. The Morgan fingerprint density at radius 1 is 0.968 bits per heavy atom. The Labute approximate surface area is 187 Å². The zero-order valence-corrected chi connectivity index (χ0v) is 18.8. The van der Waals surface area contributed by atoms with Crippen molar-refractivity contribution >= 4 is 38.9 Å². The number of nitrogens with zero attached hydrogens (tertiary/aromatic N) is 1. The van der Waals surface area contributed by atoms with Crippen molar-refractivity contribution in [3.8, 4) is 5.75 Å². The van der Waals surface area contributed by atoms with Crippen LogP contribution in [-0.2, 0) is 21.2 Å². The summed E-state index contributed by atoms with van der Waals surface area (Å²) in [7, 11) is -2.52. The first-order valence-corrected chi connectivity index (χ1v) is 11.5. The van der Waals surface area contributed by atoms with Gasteiger partial charge in [0, 0.05) is 10.7 Å². The first-order valence-electron chi connectivity index (χ1n) is 9.64. The van der Waals surface area contributed by atoms with Crippen molar-refractivity contribution in [3.05, 3.63) is 83.4 Å². The normalized spacial score (nSPS) is 11.1. The number of hydrogen-bond donors (Lipinski definition) is 1. The summed E-state index contributed by atoms with van der Waals surface area (Å²) in [4.78, 5) is 12.8. The third-order valence-electron chi connectivity index (χ3n) is 4.70. The molecule has 0 fully saturated rings. The van der Waals surface area contributed by atoms with Gasteiger partial charge >= 0.3 is 0 Å². The Morgan fingerprint density at radius 3 is 2.13 bits per heavy atom. The number of carbonyl (C=O) groups excluding carboxylic acids is 1. The van der Waals surface area contributed by atoms with Crippen molar-refractivity contribution in [2.45, 2.75) is 18.2 Å². The summed E-state index contributed by atoms with van der Waals surface area (Å²) < 4.78 is 32.9. The van der Waals surface area contributed by atoms with Crippen molar-refractivity contribution in [1.82, 2.24) is 0 Å². The van der Waals surface area contributed by atoms with Crippen LogP contribution < -0.4 is 14.4 Å². The van der Waals surface area contributed by atoms with Crippen LogP contribution in [0.2, 0.25) is 5.02 Å². The number of carbonyl (C=O) groups is 1. The van der Waals surface area contributed by atoms with E-state index in [1.54, 1.807) is 48.5 Å². The highest BCUT2D eigenvalue weighted by molar-refractivity contribution is 7.92. The summed E-state index contributed by atoms with van der Waals surface area (Å²) in [6.45, 7) is 1.65. The van der Waals surface area contributed by atoms with Gasteiger partial charge in [0.25, 0.3) is 10.0 Å². The molecule has 162 valence electrons. The molecule has 0 radical (unpaired) electrons. The van der Waals surface area contributed by atoms with Crippen LogP contribution in [0.15, 0.2) is 77.7 Å². The van der Waals surface area contributed by atoms with Crippen molar-refractivity contribution in [1.29, 1.82) is 0 Å². The third kappa shape index (κ3) is 5.57. The lowest BCUT2D eigenvalue weighted by Gasteiger charge is -2.24. The predicted octanol–water partition coefficient (Wildman–Crippen LogP) is 4.75. The van der Waals surface area contributed by atoms with E-state index in [0.717, 1.165) is 16.3 Å². The summed E-state index contributed by atoms with van der Waals surface area (Å²) in [5, 5.41) is 3.22. The van der Waals surface area contributed by atoms with Gasteiger partial charge in [-0.05, 0) is 72.6 Å². The van der Waals surface area contributed by atoms with Gasteiger partial charge in [-0.15, -0.1) is 0 Å². The van der Waals surface area contributed by atoms with Crippen LogP contribution in [0, 0.1) is 0 Å². The van der Waals surface area contributed by atoms with Crippen molar-refractivity contribution < 1.29 is 17.9 Å². The zero-order chi connectivity index (χ0) is 22.4. The molecule has 0 bridgehead atoms. The minimum atomic E-state index is -4.02.